The second-order valence-electron chi connectivity index (χ2n) is 5.29. The van der Waals surface area contributed by atoms with E-state index in [-0.39, 0.29) is 6.04 Å². The number of hydrogen-bond acceptors (Lipinski definition) is 2. The van der Waals surface area contributed by atoms with E-state index in [1.54, 1.807) is 0 Å². The van der Waals surface area contributed by atoms with E-state index in [0.29, 0.717) is 11.8 Å². The van der Waals surface area contributed by atoms with Crippen molar-refractivity contribution in [1.29, 1.82) is 0 Å². The van der Waals surface area contributed by atoms with Crippen LogP contribution in [0.25, 0.3) is 0 Å². The maximum absolute atomic E-state index is 12.1. The summed E-state index contributed by atoms with van der Waals surface area (Å²) in [5.74, 6) is 1.48. The predicted molar refractivity (Wildman–Crippen MR) is 60.3 cm³/mol. The molecule has 1 amide bonds. The molecule has 1 aliphatic carbocycles. The van der Waals surface area contributed by atoms with E-state index in [1.165, 1.54) is 12.8 Å². The third kappa shape index (κ3) is 2.51. The van der Waals surface area contributed by atoms with E-state index in [1.807, 2.05) is 4.90 Å². The average molecular weight is 210 g/mol. The van der Waals surface area contributed by atoms with Gasteiger partial charge in [-0.15, -0.1) is 0 Å². The van der Waals surface area contributed by atoms with Crippen molar-refractivity contribution in [1.82, 2.24) is 4.90 Å². The van der Waals surface area contributed by atoms with Crippen molar-refractivity contribution in [3.63, 3.8) is 0 Å². The molecule has 86 valence electrons. The van der Waals surface area contributed by atoms with Crippen molar-refractivity contribution in [3.05, 3.63) is 0 Å². The Morgan fingerprint density at radius 1 is 1.20 bits per heavy atom. The third-order valence-corrected chi connectivity index (χ3v) is 3.90. The van der Waals surface area contributed by atoms with Crippen LogP contribution in [0.15, 0.2) is 0 Å². The van der Waals surface area contributed by atoms with Crippen LogP contribution >= 0.6 is 0 Å². The zero-order chi connectivity index (χ0) is 10.8. The topological polar surface area (TPSA) is 46.3 Å². The lowest BCUT2D eigenvalue weighted by atomic mass is 9.82. The van der Waals surface area contributed by atoms with Crippen molar-refractivity contribution in [3.8, 4) is 0 Å². The summed E-state index contributed by atoms with van der Waals surface area (Å²) in [7, 11) is 0. The van der Waals surface area contributed by atoms with Crippen LogP contribution in [-0.2, 0) is 4.79 Å². The molecule has 2 N–H and O–H groups in total. The molecule has 0 spiro atoms. The largest absolute Gasteiger partial charge is 0.341 e. The highest BCUT2D eigenvalue weighted by Gasteiger charge is 2.31. The van der Waals surface area contributed by atoms with Crippen molar-refractivity contribution in [2.45, 2.75) is 45.1 Å². The molecule has 0 radical (unpaired) electrons. The van der Waals surface area contributed by atoms with Gasteiger partial charge in [-0.2, -0.15) is 0 Å². The molecule has 2 fully saturated rings. The Labute approximate surface area is 92.0 Å². The molecule has 0 aromatic carbocycles. The van der Waals surface area contributed by atoms with Crippen LogP contribution < -0.4 is 5.73 Å². The molecule has 1 saturated heterocycles. The third-order valence-electron chi connectivity index (χ3n) is 3.90. The fourth-order valence-corrected chi connectivity index (χ4v) is 2.75. The lowest BCUT2D eigenvalue weighted by Crippen LogP contribution is -2.37. The minimum Gasteiger partial charge on any atom is -0.341 e. The van der Waals surface area contributed by atoms with Crippen LogP contribution in [0, 0.1) is 11.8 Å². The minimum atomic E-state index is 0.219. The lowest BCUT2D eigenvalue weighted by molar-refractivity contribution is -0.135. The fourth-order valence-electron chi connectivity index (χ4n) is 2.75. The Kier molecular flexibility index (Phi) is 3.29. The van der Waals surface area contributed by atoms with Crippen molar-refractivity contribution in [2.24, 2.45) is 17.6 Å². The quantitative estimate of drug-likeness (QED) is 0.710. The van der Waals surface area contributed by atoms with E-state index < -0.39 is 0 Å². The van der Waals surface area contributed by atoms with Gasteiger partial charge in [0.1, 0.15) is 0 Å². The monoisotopic (exact) mass is 210 g/mol. The maximum atomic E-state index is 12.1. The van der Waals surface area contributed by atoms with Gasteiger partial charge in [-0.3, -0.25) is 4.79 Å². The van der Waals surface area contributed by atoms with E-state index in [9.17, 15) is 4.79 Å². The van der Waals surface area contributed by atoms with Gasteiger partial charge in [-0.05, 0) is 38.0 Å². The number of likely N-dealkylation sites (tertiary alicyclic amines) is 1. The summed E-state index contributed by atoms with van der Waals surface area (Å²) in [5, 5.41) is 0. The van der Waals surface area contributed by atoms with Crippen molar-refractivity contribution < 1.29 is 4.79 Å². The normalized spacial score (nSPS) is 36.9. The minimum absolute atomic E-state index is 0.219. The Hall–Kier alpha value is -0.570. The molecule has 1 heterocycles. The van der Waals surface area contributed by atoms with Gasteiger partial charge in [-0.1, -0.05) is 6.92 Å². The van der Waals surface area contributed by atoms with E-state index in [4.69, 9.17) is 5.73 Å². The van der Waals surface area contributed by atoms with E-state index in [0.717, 1.165) is 38.3 Å². The van der Waals surface area contributed by atoms with Gasteiger partial charge in [0.2, 0.25) is 5.91 Å². The van der Waals surface area contributed by atoms with Crippen molar-refractivity contribution >= 4 is 5.91 Å². The van der Waals surface area contributed by atoms with E-state index >= 15 is 0 Å². The molecular formula is C12H22N2O. The van der Waals surface area contributed by atoms with Gasteiger partial charge in [0.25, 0.3) is 0 Å². The first-order valence-electron chi connectivity index (χ1n) is 6.21. The van der Waals surface area contributed by atoms with Crippen LogP contribution in [0.1, 0.15) is 39.0 Å². The molecule has 15 heavy (non-hydrogen) atoms. The van der Waals surface area contributed by atoms with Gasteiger partial charge in [-0.25, -0.2) is 0 Å². The SMILES string of the molecule is CC1CCC(C(=O)N2CC[C@H](N)C2)CC1. The second-order valence-corrected chi connectivity index (χ2v) is 5.29. The molecule has 0 aromatic heterocycles. The highest BCUT2D eigenvalue weighted by Crippen LogP contribution is 2.30. The molecule has 0 bridgehead atoms. The van der Waals surface area contributed by atoms with Crippen LogP contribution in [-0.4, -0.2) is 29.9 Å². The number of rotatable bonds is 1. The Bertz CT molecular complexity index is 234. The first-order valence-corrected chi connectivity index (χ1v) is 6.21. The van der Waals surface area contributed by atoms with Crippen LogP contribution in [0.5, 0.6) is 0 Å². The Morgan fingerprint density at radius 2 is 1.87 bits per heavy atom. The number of carbonyl (C=O) groups is 1. The zero-order valence-corrected chi connectivity index (χ0v) is 9.61. The summed E-state index contributed by atoms with van der Waals surface area (Å²) in [6.07, 6.45) is 5.60. The molecule has 0 unspecified atom stereocenters. The summed E-state index contributed by atoms with van der Waals surface area (Å²) < 4.78 is 0. The molecule has 1 saturated carbocycles. The van der Waals surface area contributed by atoms with Gasteiger partial charge in [0.05, 0.1) is 0 Å². The molecule has 2 aliphatic rings. The maximum Gasteiger partial charge on any atom is 0.225 e. The Balaban J connectivity index is 1.85. The van der Waals surface area contributed by atoms with Crippen LogP contribution in [0.2, 0.25) is 0 Å². The summed E-state index contributed by atoms with van der Waals surface area (Å²) in [4.78, 5) is 14.1. The van der Waals surface area contributed by atoms with Gasteiger partial charge < -0.3 is 10.6 Å². The molecule has 3 heteroatoms. The highest BCUT2D eigenvalue weighted by molar-refractivity contribution is 5.79. The fraction of sp³-hybridized carbons (Fsp3) is 0.917. The zero-order valence-electron chi connectivity index (χ0n) is 9.61. The summed E-state index contributed by atoms with van der Waals surface area (Å²) in [6.45, 7) is 3.95. The van der Waals surface area contributed by atoms with Gasteiger partial charge >= 0.3 is 0 Å². The molecule has 0 aromatic rings. The second kappa shape index (κ2) is 4.52. The van der Waals surface area contributed by atoms with E-state index in [2.05, 4.69) is 6.92 Å². The summed E-state index contributed by atoms with van der Waals surface area (Å²) in [5.41, 5.74) is 5.82. The standard InChI is InChI=1S/C12H22N2O/c1-9-2-4-10(5-3-9)12(15)14-7-6-11(13)8-14/h9-11H,2-8,13H2,1H3/t9?,10?,11-/m0/s1. The number of carbonyl (C=O) groups excluding carboxylic acids is 1. The van der Waals surface area contributed by atoms with Crippen molar-refractivity contribution in [2.75, 3.05) is 13.1 Å². The molecule has 1 aliphatic heterocycles. The summed E-state index contributed by atoms with van der Waals surface area (Å²) >= 11 is 0. The Morgan fingerprint density at radius 3 is 2.40 bits per heavy atom. The van der Waals surface area contributed by atoms with Crippen LogP contribution in [0.3, 0.4) is 0 Å². The lowest BCUT2D eigenvalue weighted by Gasteiger charge is -2.28. The number of hydrogen-bond donors (Lipinski definition) is 1. The predicted octanol–water partition coefficient (Wildman–Crippen LogP) is 1.37. The first-order chi connectivity index (χ1) is 7.16. The molecule has 2 rings (SSSR count). The molecule has 3 nitrogen and oxygen atoms in total. The molecule has 1 atom stereocenters. The highest BCUT2D eigenvalue weighted by atomic mass is 16.2. The van der Waals surface area contributed by atoms with Gasteiger partial charge in [0.15, 0.2) is 0 Å². The number of amides is 1. The van der Waals surface area contributed by atoms with Gasteiger partial charge in [0, 0.05) is 25.0 Å². The first kappa shape index (κ1) is 10.9. The van der Waals surface area contributed by atoms with Crippen LogP contribution in [0.4, 0.5) is 0 Å². The number of nitrogens with two attached hydrogens (primary N) is 1. The average Bonchev–Trinajstić information content (AvgIpc) is 2.65. The molecular weight excluding hydrogens is 188 g/mol. The smallest absolute Gasteiger partial charge is 0.225 e. The summed E-state index contributed by atoms with van der Waals surface area (Å²) in [6, 6.07) is 0.219. The number of nitrogens with zero attached hydrogens (tertiary/aromatic N) is 1.